The second-order valence-electron chi connectivity index (χ2n) is 6.38. The molecule has 3 amide bonds. The third-order valence-electron chi connectivity index (χ3n) is 3.25. The number of hydrazone groups is 1. The summed E-state index contributed by atoms with van der Waals surface area (Å²) in [5, 5.41) is 9.09. The average Bonchev–Trinajstić information content (AvgIpc) is 2.52. The molecule has 0 saturated heterocycles. The fraction of sp³-hybridized carbons (Fsp3) is 0.444. The van der Waals surface area contributed by atoms with Crippen molar-refractivity contribution < 1.29 is 14.4 Å². The first-order valence-corrected chi connectivity index (χ1v) is 8.23. The van der Waals surface area contributed by atoms with E-state index < -0.39 is 11.8 Å². The van der Waals surface area contributed by atoms with Gasteiger partial charge in [0.05, 0.1) is 6.42 Å². The molecule has 136 valence electrons. The number of para-hydroxylation sites is 1. The Hall–Kier alpha value is -2.70. The highest BCUT2D eigenvalue weighted by molar-refractivity contribution is 6.35. The highest BCUT2D eigenvalue weighted by Gasteiger charge is 2.14. The highest BCUT2D eigenvalue weighted by atomic mass is 16.2. The molecule has 0 atom stereocenters. The van der Waals surface area contributed by atoms with E-state index in [1.54, 1.807) is 20.8 Å². The minimum atomic E-state index is -0.862. The van der Waals surface area contributed by atoms with Crippen LogP contribution in [0, 0.1) is 0 Å². The molecule has 25 heavy (non-hydrogen) atoms. The number of nitrogens with one attached hydrogen (secondary N) is 3. The molecule has 0 bridgehead atoms. The lowest BCUT2D eigenvalue weighted by Gasteiger charge is -2.13. The van der Waals surface area contributed by atoms with Crippen LogP contribution in [0.2, 0.25) is 0 Å². The van der Waals surface area contributed by atoms with Gasteiger partial charge in [0.2, 0.25) is 5.91 Å². The zero-order chi connectivity index (χ0) is 19.0. The Labute approximate surface area is 148 Å². The molecular formula is C18H26N4O3. The third-order valence-corrected chi connectivity index (χ3v) is 3.25. The Morgan fingerprint density at radius 3 is 2.28 bits per heavy atom. The summed E-state index contributed by atoms with van der Waals surface area (Å²) in [6, 6.07) is 7.45. The molecule has 0 aromatic heterocycles. The lowest BCUT2D eigenvalue weighted by molar-refractivity contribution is -0.139. The van der Waals surface area contributed by atoms with Crippen LogP contribution in [0.3, 0.4) is 0 Å². The number of carbonyl (C=O) groups excluding carboxylic acids is 3. The summed E-state index contributed by atoms with van der Waals surface area (Å²) in [6.07, 6.45) is 0.0124. The van der Waals surface area contributed by atoms with Gasteiger partial charge in [0.15, 0.2) is 0 Å². The van der Waals surface area contributed by atoms with Crippen LogP contribution in [0.5, 0.6) is 0 Å². The second kappa shape index (κ2) is 9.56. The molecule has 0 aliphatic rings. The van der Waals surface area contributed by atoms with Crippen molar-refractivity contribution in [1.82, 2.24) is 10.7 Å². The Morgan fingerprint density at radius 2 is 1.68 bits per heavy atom. The standard InChI is InChI=1S/C18H26N4O3/c1-11(2)14-8-6-7-9-15(14)20-16(23)10-13(5)21-22-18(25)17(24)19-12(3)4/h6-9,11-12H,10H2,1-5H3,(H,19,24)(H,20,23)(H,22,25). The minimum absolute atomic E-state index is 0.0124. The van der Waals surface area contributed by atoms with Crippen molar-refractivity contribution in [3.05, 3.63) is 29.8 Å². The van der Waals surface area contributed by atoms with Crippen molar-refractivity contribution in [2.75, 3.05) is 5.32 Å². The fourth-order valence-electron chi connectivity index (χ4n) is 2.11. The van der Waals surface area contributed by atoms with E-state index in [0.29, 0.717) is 5.71 Å². The van der Waals surface area contributed by atoms with E-state index >= 15 is 0 Å². The minimum Gasteiger partial charge on any atom is -0.346 e. The van der Waals surface area contributed by atoms with Crippen molar-refractivity contribution in [3.8, 4) is 0 Å². The van der Waals surface area contributed by atoms with E-state index in [1.807, 2.05) is 24.3 Å². The molecule has 1 aromatic rings. The lowest BCUT2D eigenvalue weighted by Crippen LogP contribution is -2.41. The van der Waals surface area contributed by atoms with E-state index in [2.05, 4.69) is 35.0 Å². The number of carbonyl (C=O) groups is 3. The quantitative estimate of drug-likeness (QED) is 0.418. The van der Waals surface area contributed by atoms with E-state index in [9.17, 15) is 14.4 Å². The number of amides is 3. The van der Waals surface area contributed by atoms with Crippen LogP contribution in [0.4, 0.5) is 5.69 Å². The molecule has 0 heterocycles. The molecule has 7 nitrogen and oxygen atoms in total. The van der Waals surface area contributed by atoms with Gasteiger partial charge in [0.25, 0.3) is 0 Å². The molecule has 0 saturated carbocycles. The SMILES string of the molecule is CC(CC(=O)Nc1ccccc1C(C)C)=NNC(=O)C(=O)NC(C)C. The van der Waals surface area contributed by atoms with Crippen molar-refractivity contribution in [2.24, 2.45) is 5.10 Å². The zero-order valence-corrected chi connectivity index (χ0v) is 15.3. The summed E-state index contributed by atoms with van der Waals surface area (Å²) in [7, 11) is 0. The Bertz CT molecular complexity index is 666. The van der Waals surface area contributed by atoms with E-state index in [-0.39, 0.29) is 24.3 Å². The van der Waals surface area contributed by atoms with Crippen molar-refractivity contribution in [3.63, 3.8) is 0 Å². The monoisotopic (exact) mass is 346 g/mol. The van der Waals surface area contributed by atoms with Crippen LogP contribution in [0.25, 0.3) is 0 Å². The van der Waals surface area contributed by atoms with Crippen LogP contribution < -0.4 is 16.1 Å². The summed E-state index contributed by atoms with van der Waals surface area (Å²) in [5.41, 5.74) is 4.34. The van der Waals surface area contributed by atoms with Crippen molar-refractivity contribution in [2.45, 2.75) is 53.0 Å². The van der Waals surface area contributed by atoms with Crippen LogP contribution in [-0.2, 0) is 14.4 Å². The molecule has 0 radical (unpaired) electrons. The molecule has 0 spiro atoms. The molecule has 1 rings (SSSR count). The largest absolute Gasteiger partial charge is 0.346 e. The first-order valence-electron chi connectivity index (χ1n) is 8.23. The van der Waals surface area contributed by atoms with Gasteiger partial charge in [0, 0.05) is 17.4 Å². The fourth-order valence-corrected chi connectivity index (χ4v) is 2.11. The Morgan fingerprint density at radius 1 is 1.04 bits per heavy atom. The third kappa shape index (κ3) is 7.15. The van der Waals surface area contributed by atoms with Crippen molar-refractivity contribution >= 4 is 29.1 Å². The molecule has 1 aromatic carbocycles. The van der Waals surface area contributed by atoms with Crippen LogP contribution in [-0.4, -0.2) is 29.5 Å². The van der Waals surface area contributed by atoms with Gasteiger partial charge < -0.3 is 10.6 Å². The summed E-state index contributed by atoms with van der Waals surface area (Å²) in [5.74, 6) is -1.58. The van der Waals surface area contributed by atoms with Crippen LogP contribution in [0.1, 0.15) is 52.5 Å². The highest BCUT2D eigenvalue weighted by Crippen LogP contribution is 2.23. The van der Waals surface area contributed by atoms with Gasteiger partial charge in [-0.25, -0.2) is 5.43 Å². The molecule has 0 fully saturated rings. The number of benzene rings is 1. The van der Waals surface area contributed by atoms with Gasteiger partial charge in [-0.1, -0.05) is 32.0 Å². The van der Waals surface area contributed by atoms with E-state index in [0.717, 1.165) is 11.3 Å². The molecule has 0 unspecified atom stereocenters. The Balaban J connectivity index is 2.59. The molecule has 0 aliphatic carbocycles. The van der Waals surface area contributed by atoms with Crippen LogP contribution >= 0.6 is 0 Å². The van der Waals surface area contributed by atoms with Crippen LogP contribution in [0.15, 0.2) is 29.4 Å². The molecule has 0 aliphatic heterocycles. The van der Waals surface area contributed by atoms with Gasteiger partial charge in [0.1, 0.15) is 0 Å². The summed E-state index contributed by atoms with van der Waals surface area (Å²) >= 11 is 0. The zero-order valence-electron chi connectivity index (χ0n) is 15.3. The van der Waals surface area contributed by atoms with Gasteiger partial charge >= 0.3 is 11.8 Å². The summed E-state index contributed by atoms with van der Waals surface area (Å²) in [4.78, 5) is 35.1. The predicted molar refractivity (Wildman–Crippen MR) is 98.3 cm³/mol. The van der Waals surface area contributed by atoms with Gasteiger partial charge in [-0.2, -0.15) is 5.10 Å². The molecule has 7 heteroatoms. The Kier molecular flexibility index (Phi) is 7.78. The topological polar surface area (TPSA) is 99.7 Å². The maximum absolute atomic E-state index is 12.1. The van der Waals surface area contributed by atoms with Gasteiger partial charge in [-0.05, 0) is 38.3 Å². The second-order valence-corrected chi connectivity index (χ2v) is 6.38. The average molecular weight is 346 g/mol. The molecular weight excluding hydrogens is 320 g/mol. The first-order chi connectivity index (χ1) is 11.7. The van der Waals surface area contributed by atoms with E-state index in [4.69, 9.17) is 0 Å². The first kappa shape index (κ1) is 20.3. The summed E-state index contributed by atoms with van der Waals surface area (Å²) in [6.45, 7) is 9.21. The smallest absolute Gasteiger partial charge is 0.329 e. The number of nitrogens with zero attached hydrogens (tertiary/aromatic N) is 1. The van der Waals surface area contributed by atoms with E-state index in [1.165, 1.54) is 0 Å². The predicted octanol–water partition coefficient (Wildman–Crippen LogP) is 2.16. The maximum atomic E-state index is 12.1. The summed E-state index contributed by atoms with van der Waals surface area (Å²) < 4.78 is 0. The van der Waals surface area contributed by atoms with Gasteiger partial charge in [-0.3, -0.25) is 14.4 Å². The number of hydrogen-bond donors (Lipinski definition) is 3. The maximum Gasteiger partial charge on any atom is 0.329 e. The van der Waals surface area contributed by atoms with Gasteiger partial charge in [-0.15, -0.1) is 0 Å². The van der Waals surface area contributed by atoms with Crippen molar-refractivity contribution in [1.29, 1.82) is 0 Å². The number of rotatable bonds is 6. The molecule has 3 N–H and O–H groups in total. The number of anilines is 1. The number of hydrogen-bond acceptors (Lipinski definition) is 4. The normalized spacial score (nSPS) is 11.4. The lowest BCUT2D eigenvalue weighted by atomic mass is 10.0.